The zero-order chi connectivity index (χ0) is 14.7. The van der Waals surface area contributed by atoms with Gasteiger partial charge in [0.05, 0.1) is 23.7 Å². The molecule has 0 saturated heterocycles. The third-order valence-electron chi connectivity index (χ3n) is 4.41. The average Bonchev–Trinajstić information content (AvgIpc) is 3.04. The van der Waals surface area contributed by atoms with E-state index in [1.807, 2.05) is 6.07 Å². The van der Waals surface area contributed by atoms with Crippen molar-refractivity contribution in [3.05, 3.63) is 30.1 Å². The topological polar surface area (TPSA) is 50.1 Å². The van der Waals surface area contributed by atoms with Gasteiger partial charge in [0.15, 0.2) is 0 Å². The summed E-state index contributed by atoms with van der Waals surface area (Å²) in [6.45, 7) is 5.00. The molecule has 1 saturated carbocycles. The number of nitrogens with zero attached hydrogens (tertiary/aromatic N) is 2. The minimum Gasteiger partial charge on any atom is -0.393 e. The lowest BCUT2D eigenvalue weighted by Crippen LogP contribution is -2.23. The zero-order valence-electron chi connectivity index (χ0n) is 12.8. The number of benzene rings is 1. The molecule has 2 aromatic rings. The van der Waals surface area contributed by atoms with Crippen molar-refractivity contribution in [2.75, 3.05) is 6.54 Å². The van der Waals surface area contributed by atoms with E-state index in [1.165, 1.54) is 5.52 Å². The van der Waals surface area contributed by atoms with E-state index in [9.17, 15) is 5.11 Å². The predicted octanol–water partition coefficient (Wildman–Crippen LogP) is 2.70. The smallest absolute Gasteiger partial charge is 0.123 e. The van der Waals surface area contributed by atoms with Crippen molar-refractivity contribution in [3.63, 3.8) is 0 Å². The Morgan fingerprint density at radius 2 is 2.19 bits per heavy atom. The van der Waals surface area contributed by atoms with Gasteiger partial charge in [0.2, 0.25) is 0 Å². The molecule has 1 aliphatic rings. The highest BCUT2D eigenvalue weighted by Crippen LogP contribution is 2.24. The molecule has 1 aliphatic carbocycles. The molecule has 0 spiro atoms. The number of aryl methyl sites for hydroxylation is 1. The van der Waals surface area contributed by atoms with E-state index in [0.717, 1.165) is 56.7 Å². The van der Waals surface area contributed by atoms with Gasteiger partial charge in [0.1, 0.15) is 5.82 Å². The van der Waals surface area contributed by atoms with Gasteiger partial charge in [0.25, 0.3) is 0 Å². The Bertz CT molecular complexity index is 593. The Morgan fingerprint density at radius 1 is 1.33 bits per heavy atom. The summed E-state index contributed by atoms with van der Waals surface area (Å²) < 4.78 is 2.33. The Hall–Kier alpha value is -1.39. The van der Waals surface area contributed by atoms with E-state index in [2.05, 4.69) is 35.0 Å². The number of aliphatic hydroxyl groups is 1. The second-order valence-electron chi connectivity index (χ2n) is 6.13. The molecule has 1 fully saturated rings. The van der Waals surface area contributed by atoms with E-state index < -0.39 is 0 Å². The van der Waals surface area contributed by atoms with Crippen LogP contribution in [0, 0.1) is 5.92 Å². The van der Waals surface area contributed by atoms with Gasteiger partial charge in [-0.1, -0.05) is 19.1 Å². The van der Waals surface area contributed by atoms with Gasteiger partial charge in [-0.15, -0.1) is 0 Å². The highest BCUT2D eigenvalue weighted by Gasteiger charge is 2.22. The molecule has 1 heterocycles. The summed E-state index contributed by atoms with van der Waals surface area (Å²) in [6, 6.07) is 8.35. The molecule has 0 amide bonds. The Morgan fingerprint density at radius 3 is 2.95 bits per heavy atom. The molecular formula is C17H25N3O. The van der Waals surface area contributed by atoms with Crippen LogP contribution in [-0.2, 0) is 13.1 Å². The molecule has 2 atom stereocenters. The Kier molecular flexibility index (Phi) is 4.56. The number of hydrogen-bond acceptors (Lipinski definition) is 3. The second kappa shape index (κ2) is 6.58. The third kappa shape index (κ3) is 3.27. The summed E-state index contributed by atoms with van der Waals surface area (Å²) in [5, 5.41) is 13.1. The van der Waals surface area contributed by atoms with Crippen LogP contribution in [0.5, 0.6) is 0 Å². The van der Waals surface area contributed by atoms with Crippen LogP contribution >= 0.6 is 0 Å². The fourth-order valence-electron chi connectivity index (χ4n) is 3.36. The third-order valence-corrected chi connectivity index (χ3v) is 4.41. The normalized spacial score (nSPS) is 22.2. The van der Waals surface area contributed by atoms with E-state index in [-0.39, 0.29) is 6.10 Å². The number of fused-ring (bicyclic) bond motifs is 1. The monoisotopic (exact) mass is 287 g/mol. The molecule has 4 nitrogen and oxygen atoms in total. The fourth-order valence-corrected chi connectivity index (χ4v) is 3.36. The van der Waals surface area contributed by atoms with E-state index in [0.29, 0.717) is 5.92 Å². The van der Waals surface area contributed by atoms with Crippen molar-refractivity contribution in [2.24, 2.45) is 5.92 Å². The molecule has 2 N–H and O–H groups in total. The van der Waals surface area contributed by atoms with E-state index in [4.69, 9.17) is 4.98 Å². The maximum Gasteiger partial charge on any atom is 0.123 e. The summed E-state index contributed by atoms with van der Waals surface area (Å²) in [4.78, 5) is 4.76. The lowest BCUT2D eigenvalue weighted by Gasteiger charge is -2.12. The van der Waals surface area contributed by atoms with Gasteiger partial charge in [-0.3, -0.25) is 0 Å². The van der Waals surface area contributed by atoms with Crippen LogP contribution in [0.3, 0.4) is 0 Å². The van der Waals surface area contributed by atoms with Gasteiger partial charge in [0, 0.05) is 6.54 Å². The number of imidazole rings is 1. The van der Waals surface area contributed by atoms with E-state index in [1.54, 1.807) is 0 Å². The first-order valence-electron chi connectivity index (χ1n) is 8.11. The molecule has 4 heteroatoms. The van der Waals surface area contributed by atoms with Gasteiger partial charge in [-0.25, -0.2) is 4.98 Å². The van der Waals surface area contributed by atoms with Crippen LogP contribution in [-0.4, -0.2) is 27.3 Å². The Balaban J connectivity index is 1.66. The first-order valence-corrected chi connectivity index (χ1v) is 8.11. The number of para-hydroxylation sites is 2. The number of nitrogens with one attached hydrogen (secondary N) is 1. The van der Waals surface area contributed by atoms with Crippen molar-refractivity contribution in [3.8, 4) is 0 Å². The molecule has 21 heavy (non-hydrogen) atoms. The van der Waals surface area contributed by atoms with Crippen LogP contribution in [0.4, 0.5) is 0 Å². The number of hydrogen-bond donors (Lipinski definition) is 2. The summed E-state index contributed by atoms with van der Waals surface area (Å²) in [6.07, 6.45) is 4.07. The molecule has 114 valence electrons. The first-order chi connectivity index (χ1) is 10.3. The van der Waals surface area contributed by atoms with Crippen molar-refractivity contribution >= 4 is 11.0 Å². The van der Waals surface area contributed by atoms with Gasteiger partial charge in [-0.2, -0.15) is 0 Å². The second-order valence-corrected chi connectivity index (χ2v) is 6.13. The van der Waals surface area contributed by atoms with Crippen LogP contribution in [0.2, 0.25) is 0 Å². The summed E-state index contributed by atoms with van der Waals surface area (Å²) in [7, 11) is 0. The highest BCUT2D eigenvalue weighted by atomic mass is 16.3. The first kappa shape index (κ1) is 14.5. The molecule has 1 aromatic heterocycles. The Labute approximate surface area is 126 Å². The summed E-state index contributed by atoms with van der Waals surface area (Å²) in [5.41, 5.74) is 2.31. The average molecular weight is 287 g/mol. The van der Waals surface area contributed by atoms with Gasteiger partial charge >= 0.3 is 0 Å². The minimum absolute atomic E-state index is 0.0820. The van der Waals surface area contributed by atoms with Crippen molar-refractivity contribution in [1.29, 1.82) is 0 Å². The standard InChI is InChI=1S/C17H25N3O/c1-2-9-20-16-6-4-3-5-15(16)19-17(20)12-18-11-13-7-8-14(21)10-13/h3-6,13-14,18,21H,2,7-12H2,1H3. The van der Waals surface area contributed by atoms with E-state index >= 15 is 0 Å². The molecule has 0 radical (unpaired) electrons. The predicted molar refractivity (Wildman–Crippen MR) is 85.1 cm³/mol. The molecule has 0 bridgehead atoms. The van der Waals surface area contributed by atoms with Crippen LogP contribution < -0.4 is 5.32 Å². The minimum atomic E-state index is -0.0820. The van der Waals surface area contributed by atoms with Crippen molar-refractivity contribution in [1.82, 2.24) is 14.9 Å². The summed E-state index contributed by atoms with van der Waals surface area (Å²) >= 11 is 0. The molecule has 1 aromatic carbocycles. The molecular weight excluding hydrogens is 262 g/mol. The fraction of sp³-hybridized carbons (Fsp3) is 0.588. The lowest BCUT2D eigenvalue weighted by molar-refractivity contribution is 0.177. The summed E-state index contributed by atoms with van der Waals surface area (Å²) in [5.74, 6) is 1.74. The zero-order valence-corrected chi connectivity index (χ0v) is 12.8. The molecule has 0 aliphatic heterocycles. The maximum atomic E-state index is 9.58. The van der Waals surface area contributed by atoms with Crippen molar-refractivity contribution < 1.29 is 5.11 Å². The lowest BCUT2D eigenvalue weighted by atomic mass is 10.1. The van der Waals surface area contributed by atoms with Crippen molar-refractivity contribution in [2.45, 2.75) is 51.8 Å². The van der Waals surface area contributed by atoms with Gasteiger partial charge in [-0.05, 0) is 50.3 Å². The highest BCUT2D eigenvalue weighted by molar-refractivity contribution is 5.75. The van der Waals surface area contributed by atoms with Crippen LogP contribution in [0.1, 0.15) is 38.4 Å². The number of aromatic nitrogens is 2. The van der Waals surface area contributed by atoms with Gasteiger partial charge < -0.3 is 15.0 Å². The molecule has 3 rings (SSSR count). The van der Waals surface area contributed by atoms with Crippen LogP contribution in [0.15, 0.2) is 24.3 Å². The SMILES string of the molecule is CCCn1c(CNCC2CCC(O)C2)nc2ccccc21. The largest absolute Gasteiger partial charge is 0.393 e. The quantitative estimate of drug-likeness (QED) is 0.859. The molecule has 2 unspecified atom stereocenters. The maximum absolute atomic E-state index is 9.58. The number of rotatable bonds is 6. The number of aliphatic hydroxyl groups excluding tert-OH is 1. The van der Waals surface area contributed by atoms with Crippen LogP contribution in [0.25, 0.3) is 11.0 Å².